The van der Waals surface area contributed by atoms with Crippen LogP contribution in [0.25, 0.3) is 0 Å². The van der Waals surface area contributed by atoms with Crippen LogP contribution in [-0.2, 0) is 5.41 Å². The van der Waals surface area contributed by atoms with Gasteiger partial charge in [-0.05, 0) is 29.2 Å². The van der Waals surface area contributed by atoms with Crippen molar-refractivity contribution in [2.75, 3.05) is 13.2 Å². The third-order valence-corrected chi connectivity index (χ3v) is 3.50. The summed E-state index contributed by atoms with van der Waals surface area (Å²) >= 11 is 0. The van der Waals surface area contributed by atoms with Gasteiger partial charge in [-0.15, -0.1) is 0 Å². The molecule has 5 heteroatoms. The molecule has 2 rings (SSSR count). The lowest BCUT2D eigenvalue weighted by Crippen LogP contribution is -2.15. The second-order valence-electron chi connectivity index (χ2n) is 6.43. The van der Waals surface area contributed by atoms with Crippen LogP contribution in [0.15, 0.2) is 42.5 Å². The van der Waals surface area contributed by atoms with Gasteiger partial charge < -0.3 is 19.7 Å². The van der Waals surface area contributed by atoms with Crippen LogP contribution in [0, 0.1) is 0 Å². The summed E-state index contributed by atoms with van der Waals surface area (Å²) in [5.74, 6) is -0.289. The van der Waals surface area contributed by atoms with Crippen molar-refractivity contribution in [2.45, 2.75) is 26.2 Å². The fourth-order valence-electron chi connectivity index (χ4n) is 2.31. The van der Waals surface area contributed by atoms with Gasteiger partial charge in [-0.25, -0.2) is 4.79 Å². The Kier molecular flexibility index (Phi) is 5.34. The average Bonchev–Trinajstić information content (AvgIpc) is 2.50. The number of carboxylic acid groups (broad SMARTS) is 1. The first-order valence-electron chi connectivity index (χ1n) is 7.70. The van der Waals surface area contributed by atoms with E-state index in [2.05, 4.69) is 20.8 Å². The van der Waals surface area contributed by atoms with E-state index in [9.17, 15) is 9.90 Å². The molecule has 0 saturated heterocycles. The van der Waals surface area contributed by atoms with Gasteiger partial charge in [-0.1, -0.05) is 39.0 Å². The second-order valence-corrected chi connectivity index (χ2v) is 6.43. The molecule has 0 bridgehead atoms. The van der Waals surface area contributed by atoms with Gasteiger partial charge in [0.1, 0.15) is 36.0 Å². The highest BCUT2D eigenvalue weighted by Crippen LogP contribution is 2.31. The lowest BCUT2D eigenvalue weighted by atomic mass is 9.86. The van der Waals surface area contributed by atoms with E-state index in [1.165, 1.54) is 18.2 Å². The Bertz CT molecular complexity index is 716. The first-order valence-corrected chi connectivity index (χ1v) is 7.70. The van der Waals surface area contributed by atoms with Gasteiger partial charge in [0.15, 0.2) is 0 Å². The summed E-state index contributed by atoms with van der Waals surface area (Å²) in [5, 5.41) is 18.5. The molecule has 0 radical (unpaired) electrons. The van der Waals surface area contributed by atoms with E-state index in [1.807, 2.05) is 24.3 Å². The summed E-state index contributed by atoms with van der Waals surface area (Å²) in [4.78, 5) is 10.8. The van der Waals surface area contributed by atoms with E-state index in [-0.39, 0.29) is 23.3 Å². The lowest BCUT2D eigenvalue weighted by molar-refractivity contribution is 0.0693. The summed E-state index contributed by atoms with van der Waals surface area (Å²) in [5.41, 5.74) is 0.946. The van der Waals surface area contributed by atoms with Crippen molar-refractivity contribution in [3.63, 3.8) is 0 Å². The van der Waals surface area contributed by atoms with E-state index in [0.29, 0.717) is 12.4 Å². The number of para-hydroxylation sites is 1. The van der Waals surface area contributed by atoms with Crippen LogP contribution < -0.4 is 9.47 Å². The number of carbonyl (C=O) groups is 1. The molecule has 2 aromatic carbocycles. The molecule has 0 unspecified atom stereocenters. The average molecular weight is 330 g/mol. The molecule has 5 nitrogen and oxygen atoms in total. The molecule has 2 N–H and O–H groups in total. The topological polar surface area (TPSA) is 76.0 Å². The maximum absolute atomic E-state index is 10.8. The van der Waals surface area contributed by atoms with Crippen molar-refractivity contribution in [3.8, 4) is 17.2 Å². The predicted octanol–water partition coefficient (Wildman–Crippen LogP) is 3.85. The highest BCUT2D eigenvalue weighted by Gasteiger charge is 2.18. The van der Waals surface area contributed by atoms with Crippen molar-refractivity contribution in [1.82, 2.24) is 0 Å². The van der Waals surface area contributed by atoms with E-state index in [0.717, 1.165) is 11.3 Å². The zero-order valence-electron chi connectivity index (χ0n) is 14.1. The van der Waals surface area contributed by atoms with Gasteiger partial charge in [-0.2, -0.15) is 0 Å². The Morgan fingerprint density at radius 1 is 1.04 bits per heavy atom. The lowest BCUT2D eigenvalue weighted by Gasteiger charge is -2.22. The largest absolute Gasteiger partial charge is 0.507 e. The number of hydrogen-bond donors (Lipinski definition) is 2. The Morgan fingerprint density at radius 3 is 2.33 bits per heavy atom. The molecule has 0 heterocycles. The minimum atomic E-state index is -1.18. The standard InChI is InChI=1S/C19H22O5/c1-19(2,3)15-6-4-5-7-17(15)24-11-10-23-13-8-9-14(18(21)22)16(20)12-13/h4-9,12,20H,10-11H2,1-3H3,(H,21,22). The van der Waals surface area contributed by atoms with Crippen LogP contribution in [0.3, 0.4) is 0 Å². The minimum absolute atomic E-state index is 0.0180. The molecule has 0 atom stereocenters. The van der Waals surface area contributed by atoms with Gasteiger partial charge in [0.25, 0.3) is 0 Å². The number of aromatic hydroxyl groups is 1. The zero-order chi connectivity index (χ0) is 17.7. The predicted molar refractivity (Wildman–Crippen MR) is 91.2 cm³/mol. The number of ether oxygens (including phenoxy) is 2. The number of phenols is 1. The van der Waals surface area contributed by atoms with Gasteiger partial charge in [0, 0.05) is 6.07 Å². The number of aromatic carboxylic acids is 1. The first-order chi connectivity index (χ1) is 11.3. The zero-order valence-corrected chi connectivity index (χ0v) is 14.1. The highest BCUT2D eigenvalue weighted by molar-refractivity contribution is 5.90. The molecule has 24 heavy (non-hydrogen) atoms. The van der Waals surface area contributed by atoms with Crippen molar-refractivity contribution in [2.24, 2.45) is 0 Å². The molecule has 0 saturated carbocycles. The molecule has 0 aliphatic rings. The van der Waals surface area contributed by atoms with E-state index >= 15 is 0 Å². The van der Waals surface area contributed by atoms with E-state index in [4.69, 9.17) is 14.6 Å². The summed E-state index contributed by atoms with van der Waals surface area (Å²) in [7, 11) is 0. The van der Waals surface area contributed by atoms with Crippen LogP contribution >= 0.6 is 0 Å². The third-order valence-electron chi connectivity index (χ3n) is 3.50. The minimum Gasteiger partial charge on any atom is -0.507 e. The SMILES string of the molecule is CC(C)(C)c1ccccc1OCCOc1ccc(C(=O)O)c(O)c1. The first kappa shape index (κ1) is 17.7. The molecular formula is C19H22O5. The van der Waals surface area contributed by atoms with Crippen LogP contribution in [0.4, 0.5) is 0 Å². The summed E-state index contributed by atoms with van der Waals surface area (Å²) < 4.78 is 11.3. The summed E-state index contributed by atoms with van der Waals surface area (Å²) in [6.07, 6.45) is 0. The molecule has 0 aliphatic heterocycles. The molecule has 2 aromatic rings. The van der Waals surface area contributed by atoms with Crippen molar-refractivity contribution < 1.29 is 24.5 Å². The van der Waals surface area contributed by atoms with Crippen molar-refractivity contribution >= 4 is 5.97 Å². The molecule has 0 aromatic heterocycles. The molecule has 0 spiro atoms. The fourth-order valence-corrected chi connectivity index (χ4v) is 2.31. The van der Waals surface area contributed by atoms with Crippen LogP contribution in [-0.4, -0.2) is 29.4 Å². The van der Waals surface area contributed by atoms with Gasteiger partial charge in [0.2, 0.25) is 0 Å². The van der Waals surface area contributed by atoms with Gasteiger partial charge in [-0.3, -0.25) is 0 Å². The Hall–Kier alpha value is -2.69. The summed E-state index contributed by atoms with van der Waals surface area (Å²) in [6.45, 7) is 6.99. The van der Waals surface area contributed by atoms with Gasteiger partial charge in [0.05, 0.1) is 0 Å². The highest BCUT2D eigenvalue weighted by atomic mass is 16.5. The molecule has 128 valence electrons. The number of benzene rings is 2. The quantitative estimate of drug-likeness (QED) is 0.787. The normalized spacial score (nSPS) is 11.1. The maximum atomic E-state index is 10.8. The third kappa shape index (κ3) is 4.41. The van der Waals surface area contributed by atoms with Gasteiger partial charge >= 0.3 is 5.97 Å². The van der Waals surface area contributed by atoms with Crippen molar-refractivity contribution in [3.05, 3.63) is 53.6 Å². The summed E-state index contributed by atoms with van der Waals surface area (Å²) in [6, 6.07) is 12.0. The fraction of sp³-hybridized carbons (Fsp3) is 0.316. The van der Waals surface area contributed by atoms with E-state index in [1.54, 1.807) is 0 Å². The second kappa shape index (κ2) is 7.25. The number of hydrogen-bond acceptors (Lipinski definition) is 4. The maximum Gasteiger partial charge on any atom is 0.339 e. The Balaban J connectivity index is 1.92. The van der Waals surface area contributed by atoms with Crippen LogP contribution in [0.1, 0.15) is 36.7 Å². The smallest absolute Gasteiger partial charge is 0.339 e. The van der Waals surface area contributed by atoms with Crippen molar-refractivity contribution in [1.29, 1.82) is 0 Å². The molecular weight excluding hydrogens is 308 g/mol. The monoisotopic (exact) mass is 330 g/mol. The Morgan fingerprint density at radius 2 is 1.71 bits per heavy atom. The number of carboxylic acids is 1. The van der Waals surface area contributed by atoms with E-state index < -0.39 is 5.97 Å². The number of rotatable bonds is 6. The Labute approximate surface area is 141 Å². The van der Waals surface area contributed by atoms with Crippen LogP contribution in [0.5, 0.6) is 17.2 Å². The van der Waals surface area contributed by atoms with Crippen LogP contribution in [0.2, 0.25) is 0 Å². The molecule has 0 aliphatic carbocycles. The molecule has 0 amide bonds. The molecule has 0 fully saturated rings.